The average molecular weight is 448 g/mol. The van der Waals surface area contributed by atoms with E-state index in [1.54, 1.807) is 4.90 Å². The lowest BCUT2D eigenvalue weighted by Gasteiger charge is -2.35. The lowest BCUT2D eigenvalue weighted by atomic mass is 10.2. The first-order valence-electron chi connectivity index (χ1n) is 9.00. The van der Waals surface area contributed by atoms with E-state index in [4.69, 9.17) is 11.6 Å². The van der Waals surface area contributed by atoms with Crippen LogP contribution in [-0.2, 0) is 11.3 Å². The highest BCUT2D eigenvalue weighted by Gasteiger charge is 2.23. The predicted octanol–water partition coefficient (Wildman–Crippen LogP) is 2.20. The van der Waals surface area contributed by atoms with Crippen molar-refractivity contribution in [3.8, 4) is 0 Å². The minimum atomic E-state index is -2.73. The summed E-state index contributed by atoms with van der Waals surface area (Å²) in [5.41, 5.74) is -0.565. The molecule has 162 valence electrons. The number of rotatable bonds is 6. The smallest absolute Gasteiger partial charge is 0.287 e. The largest absolute Gasteiger partial charge is 0.366 e. The topological polar surface area (TPSA) is 70.5 Å². The molecule has 0 atom stereocenters. The number of carbonyl (C=O) groups excluding carboxylic acids is 1. The van der Waals surface area contributed by atoms with Gasteiger partial charge < -0.3 is 10.2 Å². The maximum atomic E-state index is 13.6. The fourth-order valence-electron chi connectivity index (χ4n) is 3.07. The van der Waals surface area contributed by atoms with Crippen LogP contribution in [0.15, 0.2) is 29.2 Å². The molecule has 1 aliphatic heterocycles. The second kappa shape index (κ2) is 9.43. The molecule has 1 saturated heterocycles. The second-order valence-corrected chi connectivity index (χ2v) is 7.04. The van der Waals surface area contributed by atoms with Gasteiger partial charge in [-0.1, -0.05) is 11.6 Å². The molecule has 1 amide bonds. The third-order valence-electron chi connectivity index (χ3n) is 4.56. The van der Waals surface area contributed by atoms with Gasteiger partial charge in [-0.3, -0.25) is 14.5 Å². The second-order valence-electron chi connectivity index (χ2n) is 6.66. The van der Waals surface area contributed by atoms with Gasteiger partial charge in [0.2, 0.25) is 5.91 Å². The zero-order valence-corrected chi connectivity index (χ0v) is 16.4. The number of hydrogen-bond acceptors (Lipinski definition) is 5. The Morgan fingerprint density at radius 1 is 1.20 bits per heavy atom. The standard InChI is InChI=1S/C18H18ClF4N5O2/c19-17-14(8-24-28(18(17)30)9-15(22)23)27-5-3-26(4-6-27)10-16(29)25-13-2-1-11(20)7-12(13)21/h1-2,7-8,15H,3-6,9-10H2,(H,25,29). The molecular formula is C18H18ClF4N5O2. The van der Waals surface area contributed by atoms with Crippen LogP contribution >= 0.6 is 11.6 Å². The Balaban J connectivity index is 1.56. The van der Waals surface area contributed by atoms with Gasteiger partial charge in [-0.15, -0.1) is 0 Å². The summed E-state index contributed by atoms with van der Waals surface area (Å²) in [4.78, 5) is 27.8. The first-order chi connectivity index (χ1) is 14.2. The Kier molecular flexibility index (Phi) is 6.93. The first-order valence-corrected chi connectivity index (χ1v) is 9.38. The summed E-state index contributed by atoms with van der Waals surface area (Å²) in [5, 5.41) is 5.94. The zero-order chi connectivity index (χ0) is 21.8. The fraction of sp³-hybridized carbons (Fsp3) is 0.389. The molecule has 1 aliphatic rings. The molecule has 0 unspecified atom stereocenters. The quantitative estimate of drug-likeness (QED) is 0.688. The van der Waals surface area contributed by atoms with Crippen LogP contribution in [0.25, 0.3) is 0 Å². The van der Waals surface area contributed by atoms with Gasteiger partial charge in [0, 0.05) is 32.2 Å². The van der Waals surface area contributed by atoms with Crippen molar-refractivity contribution in [3.05, 3.63) is 51.4 Å². The molecule has 0 radical (unpaired) electrons. The molecule has 0 spiro atoms. The number of piperazine rings is 1. The minimum absolute atomic E-state index is 0.00732. The van der Waals surface area contributed by atoms with Gasteiger partial charge in [-0.05, 0) is 12.1 Å². The van der Waals surface area contributed by atoms with Gasteiger partial charge in [0.1, 0.15) is 23.2 Å². The van der Waals surface area contributed by atoms with E-state index in [2.05, 4.69) is 10.4 Å². The number of hydrogen-bond donors (Lipinski definition) is 1. The van der Waals surface area contributed by atoms with E-state index in [9.17, 15) is 27.2 Å². The molecule has 7 nitrogen and oxygen atoms in total. The number of amides is 1. The van der Waals surface area contributed by atoms with E-state index >= 15 is 0 Å². The molecule has 0 aliphatic carbocycles. The van der Waals surface area contributed by atoms with Gasteiger partial charge in [0.05, 0.1) is 24.1 Å². The Bertz CT molecular complexity index is 980. The summed E-state index contributed by atoms with van der Waals surface area (Å²) in [6, 6.07) is 2.87. The lowest BCUT2D eigenvalue weighted by molar-refractivity contribution is -0.117. The van der Waals surface area contributed by atoms with Gasteiger partial charge >= 0.3 is 0 Å². The third kappa shape index (κ3) is 5.28. The SMILES string of the molecule is O=C(CN1CCN(c2cnn(CC(F)F)c(=O)c2Cl)CC1)Nc1ccc(F)cc1F. The van der Waals surface area contributed by atoms with Gasteiger partial charge in [-0.25, -0.2) is 22.2 Å². The van der Waals surface area contributed by atoms with E-state index in [0.717, 1.165) is 12.1 Å². The maximum absolute atomic E-state index is 13.6. The van der Waals surface area contributed by atoms with Crippen molar-refractivity contribution in [3.63, 3.8) is 0 Å². The molecule has 1 N–H and O–H groups in total. The van der Waals surface area contributed by atoms with Gasteiger partial charge in [-0.2, -0.15) is 5.10 Å². The number of benzene rings is 1. The minimum Gasteiger partial charge on any atom is -0.366 e. The van der Waals surface area contributed by atoms with Crippen LogP contribution in [0.5, 0.6) is 0 Å². The average Bonchev–Trinajstić information content (AvgIpc) is 2.68. The summed E-state index contributed by atoms with van der Waals surface area (Å²) in [7, 11) is 0. The van der Waals surface area contributed by atoms with E-state index in [1.807, 2.05) is 4.90 Å². The third-order valence-corrected chi connectivity index (χ3v) is 4.92. The van der Waals surface area contributed by atoms with Crippen molar-refractivity contribution >= 4 is 28.9 Å². The molecule has 1 fully saturated rings. The molecule has 2 heterocycles. The number of carbonyl (C=O) groups is 1. The van der Waals surface area contributed by atoms with E-state index in [0.29, 0.717) is 42.6 Å². The Hall–Kier alpha value is -2.66. The van der Waals surface area contributed by atoms with Crippen LogP contribution in [0.3, 0.4) is 0 Å². The fourth-order valence-corrected chi connectivity index (χ4v) is 3.33. The lowest BCUT2D eigenvalue weighted by Crippen LogP contribution is -2.49. The Morgan fingerprint density at radius 2 is 1.90 bits per heavy atom. The predicted molar refractivity (Wildman–Crippen MR) is 103 cm³/mol. The van der Waals surface area contributed by atoms with Crippen LogP contribution in [0.1, 0.15) is 0 Å². The molecule has 2 aromatic rings. The Morgan fingerprint density at radius 3 is 2.53 bits per heavy atom. The van der Waals surface area contributed by atoms with E-state index in [-0.39, 0.29) is 17.3 Å². The van der Waals surface area contributed by atoms with E-state index < -0.39 is 36.1 Å². The molecule has 0 bridgehead atoms. The van der Waals surface area contributed by atoms with Crippen LogP contribution in [0.4, 0.5) is 28.9 Å². The zero-order valence-electron chi connectivity index (χ0n) is 15.6. The highest BCUT2D eigenvalue weighted by atomic mass is 35.5. The number of anilines is 2. The summed E-state index contributed by atoms with van der Waals surface area (Å²) in [5.74, 6) is -2.06. The molecule has 30 heavy (non-hydrogen) atoms. The van der Waals surface area contributed by atoms with Gasteiger partial charge in [0.15, 0.2) is 0 Å². The normalized spacial score (nSPS) is 14.9. The summed E-state index contributed by atoms with van der Waals surface area (Å²) in [6.07, 6.45) is -1.46. The van der Waals surface area contributed by atoms with Crippen molar-refractivity contribution in [2.45, 2.75) is 13.0 Å². The number of nitrogens with zero attached hydrogens (tertiary/aromatic N) is 4. The van der Waals surface area contributed by atoms with Crippen LogP contribution in [0, 0.1) is 11.6 Å². The van der Waals surface area contributed by atoms with Crippen molar-refractivity contribution in [2.75, 3.05) is 42.9 Å². The summed E-state index contributed by atoms with van der Waals surface area (Å²) < 4.78 is 52.1. The Labute approximate surface area is 173 Å². The number of nitrogens with one attached hydrogen (secondary N) is 1. The molecule has 1 aromatic carbocycles. The molecule has 1 aromatic heterocycles. The maximum Gasteiger partial charge on any atom is 0.287 e. The van der Waals surface area contributed by atoms with Crippen molar-refractivity contribution < 1.29 is 22.4 Å². The summed E-state index contributed by atoms with van der Waals surface area (Å²) in [6.45, 7) is 0.865. The highest BCUT2D eigenvalue weighted by Crippen LogP contribution is 2.22. The van der Waals surface area contributed by atoms with Gasteiger partial charge in [0.25, 0.3) is 12.0 Å². The number of halogens is 5. The van der Waals surface area contributed by atoms with Crippen molar-refractivity contribution in [1.82, 2.24) is 14.7 Å². The van der Waals surface area contributed by atoms with Crippen molar-refractivity contribution in [1.29, 1.82) is 0 Å². The first kappa shape index (κ1) is 22.0. The van der Waals surface area contributed by atoms with E-state index in [1.165, 1.54) is 6.20 Å². The number of alkyl halides is 2. The monoisotopic (exact) mass is 447 g/mol. The van der Waals surface area contributed by atoms with Crippen LogP contribution in [-0.4, -0.2) is 59.7 Å². The molecule has 12 heteroatoms. The highest BCUT2D eigenvalue weighted by molar-refractivity contribution is 6.33. The van der Waals surface area contributed by atoms with Crippen LogP contribution in [0.2, 0.25) is 5.02 Å². The van der Waals surface area contributed by atoms with Crippen molar-refractivity contribution in [2.24, 2.45) is 0 Å². The van der Waals surface area contributed by atoms with Crippen LogP contribution < -0.4 is 15.8 Å². The molecule has 3 rings (SSSR count). The molecule has 0 saturated carbocycles. The number of aromatic nitrogens is 2. The molecular weight excluding hydrogens is 430 g/mol. The summed E-state index contributed by atoms with van der Waals surface area (Å²) >= 11 is 6.05.